The molecule has 1 nitrogen and oxygen atoms in total. The number of rotatable bonds is 4. The highest BCUT2D eigenvalue weighted by Gasteiger charge is 2.40. The Balaban J connectivity index is 2.30. The summed E-state index contributed by atoms with van der Waals surface area (Å²) >= 11 is 0. The molecule has 0 aromatic rings. The summed E-state index contributed by atoms with van der Waals surface area (Å²) in [5.74, 6) is -3.41. The van der Waals surface area contributed by atoms with Gasteiger partial charge < -0.3 is 5.32 Å². The molecule has 2 unspecified atom stereocenters. The van der Waals surface area contributed by atoms with Crippen LogP contribution in [-0.4, -0.2) is 24.9 Å². The van der Waals surface area contributed by atoms with Crippen molar-refractivity contribution in [3.8, 4) is 0 Å². The fourth-order valence-corrected chi connectivity index (χ4v) is 1.98. The lowest BCUT2D eigenvalue weighted by Gasteiger charge is -2.29. The second kappa shape index (κ2) is 5.14. The van der Waals surface area contributed by atoms with Gasteiger partial charge in [0.15, 0.2) is 0 Å². The second-order valence-electron chi connectivity index (χ2n) is 4.41. The topological polar surface area (TPSA) is 12.0 Å². The van der Waals surface area contributed by atoms with E-state index in [1.807, 2.05) is 0 Å². The SMILES string of the molecule is CC1CCCC(NCC(F)(F)C(F)F)C1. The number of halogens is 4. The van der Waals surface area contributed by atoms with Crippen molar-refractivity contribution in [1.82, 2.24) is 5.32 Å². The lowest BCUT2D eigenvalue weighted by atomic mass is 9.87. The van der Waals surface area contributed by atoms with Crippen molar-refractivity contribution in [3.05, 3.63) is 0 Å². The minimum absolute atomic E-state index is 0.0293. The molecular weight excluding hydrogens is 210 g/mol. The van der Waals surface area contributed by atoms with Crippen LogP contribution in [0.5, 0.6) is 0 Å². The maximum absolute atomic E-state index is 12.6. The molecule has 0 aliphatic heterocycles. The van der Waals surface area contributed by atoms with Crippen LogP contribution in [0.15, 0.2) is 0 Å². The minimum atomic E-state index is -3.90. The van der Waals surface area contributed by atoms with Crippen molar-refractivity contribution >= 4 is 0 Å². The number of alkyl halides is 4. The van der Waals surface area contributed by atoms with Gasteiger partial charge in [0.05, 0.1) is 6.54 Å². The lowest BCUT2D eigenvalue weighted by Crippen LogP contribution is -2.44. The summed E-state index contributed by atoms with van der Waals surface area (Å²) in [5.41, 5.74) is 0. The molecule has 2 atom stereocenters. The van der Waals surface area contributed by atoms with E-state index < -0.39 is 18.9 Å². The van der Waals surface area contributed by atoms with Gasteiger partial charge in [-0.05, 0) is 18.8 Å². The quantitative estimate of drug-likeness (QED) is 0.728. The molecule has 90 valence electrons. The molecule has 0 spiro atoms. The van der Waals surface area contributed by atoms with E-state index in [4.69, 9.17) is 0 Å². The molecule has 0 radical (unpaired) electrons. The van der Waals surface area contributed by atoms with Crippen LogP contribution in [-0.2, 0) is 0 Å². The van der Waals surface area contributed by atoms with E-state index in [-0.39, 0.29) is 6.04 Å². The Morgan fingerprint density at radius 1 is 1.33 bits per heavy atom. The molecule has 15 heavy (non-hydrogen) atoms. The van der Waals surface area contributed by atoms with Crippen LogP contribution in [0.1, 0.15) is 32.6 Å². The van der Waals surface area contributed by atoms with Crippen LogP contribution in [0.25, 0.3) is 0 Å². The molecule has 1 rings (SSSR count). The summed E-state index contributed by atoms with van der Waals surface area (Å²) in [6, 6.07) is -0.0293. The first-order chi connectivity index (χ1) is 6.92. The van der Waals surface area contributed by atoms with E-state index in [0.717, 1.165) is 25.7 Å². The van der Waals surface area contributed by atoms with Crippen LogP contribution >= 0.6 is 0 Å². The molecule has 0 heterocycles. The average molecular weight is 227 g/mol. The molecule has 1 saturated carbocycles. The van der Waals surface area contributed by atoms with Gasteiger partial charge in [0.1, 0.15) is 0 Å². The molecular formula is C10H17F4N. The molecule has 5 heteroatoms. The first-order valence-corrected chi connectivity index (χ1v) is 5.31. The van der Waals surface area contributed by atoms with Gasteiger partial charge in [0.2, 0.25) is 0 Å². The van der Waals surface area contributed by atoms with E-state index in [1.165, 1.54) is 0 Å². The van der Waals surface area contributed by atoms with E-state index in [2.05, 4.69) is 12.2 Å². The molecule has 0 saturated heterocycles. The predicted molar refractivity (Wildman–Crippen MR) is 50.4 cm³/mol. The van der Waals surface area contributed by atoms with Crippen LogP contribution in [0.2, 0.25) is 0 Å². The normalized spacial score (nSPS) is 28.4. The summed E-state index contributed by atoms with van der Waals surface area (Å²) in [5, 5.41) is 2.54. The Morgan fingerprint density at radius 2 is 2.00 bits per heavy atom. The van der Waals surface area contributed by atoms with Gasteiger partial charge in [-0.15, -0.1) is 0 Å². The first-order valence-electron chi connectivity index (χ1n) is 5.31. The van der Waals surface area contributed by atoms with Gasteiger partial charge in [-0.2, -0.15) is 8.78 Å². The van der Waals surface area contributed by atoms with Gasteiger partial charge in [-0.3, -0.25) is 0 Å². The number of hydrogen-bond donors (Lipinski definition) is 1. The van der Waals surface area contributed by atoms with Crippen molar-refractivity contribution in [1.29, 1.82) is 0 Å². The zero-order valence-corrected chi connectivity index (χ0v) is 8.78. The largest absolute Gasteiger partial charge is 0.319 e. The number of nitrogens with one attached hydrogen (secondary N) is 1. The Morgan fingerprint density at radius 3 is 2.53 bits per heavy atom. The van der Waals surface area contributed by atoms with Crippen LogP contribution in [0.3, 0.4) is 0 Å². The highest BCUT2D eigenvalue weighted by Crippen LogP contribution is 2.26. The fraction of sp³-hybridized carbons (Fsp3) is 1.00. The van der Waals surface area contributed by atoms with E-state index in [9.17, 15) is 17.6 Å². The van der Waals surface area contributed by atoms with Crippen molar-refractivity contribution in [2.45, 2.75) is 51.0 Å². The van der Waals surface area contributed by atoms with Gasteiger partial charge in [-0.1, -0.05) is 19.8 Å². The standard InChI is InChI=1S/C10H17F4N/c1-7-3-2-4-8(5-7)15-6-10(13,14)9(11)12/h7-9,15H,2-6H2,1H3. The van der Waals surface area contributed by atoms with Crippen molar-refractivity contribution in [2.24, 2.45) is 5.92 Å². The summed E-state index contributed by atoms with van der Waals surface area (Å²) in [6.45, 7) is 1.14. The van der Waals surface area contributed by atoms with Crippen LogP contribution in [0.4, 0.5) is 17.6 Å². The summed E-state index contributed by atoms with van der Waals surface area (Å²) in [6.07, 6.45) is 0.122. The molecule has 0 amide bonds. The molecule has 0 bridgehead atoms. The van der Waals surface area contributed by atoms with Crippen molar-refractivity contribution < 1.29 is 17.6 Å². The molecule has 1 N–H and O–H groups in total. The van der Waals surface area contributed by atoms with E-state index >= 15 is 0 Å². The second-order valence-corrected chi connectivity index (χ2v) is 4.41. The van der Waals surface area contributed by atoms with Gasteiger partial charge in [0.25, 0.3) is 0 Å². The van der Waals surface area contributed by atoms with E-state index in [1.54, 1.807) is 0 Å². The molecule has 0 aromatic carbocycles. The third kappa shape index (κ3) is 3.97. The Hall–Kier alpha value is -0.320. The number of hydrogen-bond acceptors (Lipinski definition) is 1. The van der Waals surface area contributed by atoms with Gasteiger partial charge in [0, 0.05) is 6.04 Å². The third-order valence-corrected chi connectivity index (χ3v) is 2.88. The van der Waals surface area contributed by atoms with Crippen LogP contribution < -0.4 is 5.32 Å². The van der Waals surface area contributed by atoms with Crippen LogP contribution in [0, 0.1) is 5.92 Å². The van der Waals surface area contributed by atoms with Gasteiger partial charge in [-0.25, -0.2) is 8.78 Å². The highest BCUT2D eigenvalue weighted by atomic mass is 19.3. The maximum Gasteiger partial charge on any atom is 0.319 e. The first kappa shape index (κ1) is 12.7. The Bertz CT molecular complexity index is 196. The summed E-state index contributed by atoms with van der Waals surface area (Å²) < 4.78 is 48.9. The van der Waals surface area contributed by atoms with E-state index in [0.29, 0.717) is 5.92 Å². The smallest absolute Gasteiger partial charge is 0.308 e. The molecule has 0 aromatic heterocycles. The average Bonchev–Trinajstić information content (AvgIpc) is 2.15. The lowest BCUT2D eigenvalue weighted by molar-refractivity contribution is -0.126. The zero-order valence-electron chi connectivity index (χ0n) is 8.78. The van der Waals surface area contributed by atoms with Gasteiger partial charge >= 0.3 is 12.3 Å². The molecule has 1 aliphatic carbocycles. The Labute approximate surface area is 87.2 Å². The predicted octanol–water partition coefficient (Wildman–Crippen LogP) is 3.06. The summed E-state index contributed by atoms with van der Waals surface area (Å²) in [4.78, 5) is 0. The maximum atomic E-state index is 12.6. The highest BCUT2D eigenvalue weighted by molar-refractivity contribution is 4.80. The third-order valence-electron chi connectivity index (χ3n) is 2.88. The molecule has 1 aliphatic rings. The fourth-order valence-electron chi connectivity index (χ4n) is 1.98. The van der Waals surface area contributed by atoms with Crippen molar-refractivity contribution in [2.75, 3.05) is 6.54 Å². The Kier molecular flexibility index (Phi) is 4.37. The van der Waals surface area contributed by atoms with Crippen molar-refractivity contribution in [3.63, 3.8) is 0 Å². The summed E-state index contributed by atoms with van der Waals surface area (Å²) in [7, 11) is 0. The zero-order chi connectivity index (χ0) is 11.5. The molecule has 1 fully saturated rings. The minimum Gasteiger partial charge on any atom is -0.308 e. The monoisotopic (exact) mass is 227 g/mol.